The van der Waals surface area contributed by atoms with E-state index in [9.17, 15) is 9.59 Å². The number of thiocarbonyl (C=S) groups is 1. The van der Waals surface area contributed by atoms with Gasteiger partial charge in [0.25, 0.3) is 11.8 Å². The van der Waals surface area contributed by atoms with E-state index in [4.69, 9.17) is 23.8 Å². The molecule has 3 rings (SSSR count). The van der Waals surface area contributed by atoms with Crippen molar-refractivity contribution in [2.24, 2.45) is 0 Å². The number of halogens is 1. The van der Waals surface area contributed by atoms with Crippen molar-refractivity contribution >= 4 is 46.8 Å². The van der Waals surface area contributed by atoms with Crippen molar-refractivity contribution in [2.75, 3.05) is 0 Å². The minimum Gasteiger partial charge on any atom is -0.316 e. The summed E-state index contributed by atoms with van der Waals surface area (Å²) in [5.74, 6) is -1.02. The van der Waals surface area contributed by atoms with E-state index in [0.717, 1.165) is 22.6 Å². The van der Waals surface area contributed by atoms with Crippen LogP contribution in [0.1, 0.15) is 17.0 Å². The summed E-state index contributed by atoms with van der Waals surface area (Å²) in [4.78, 5) is 24.0. The molecule has 0 atom stereocenters. The maximum atomic E-state index is 12.0. The molecule has 2 N–H and O–H groups in total. The maximum absolute atomic E-state index is 12.0. The Morgan fingerprint density at radius 2 is 1.75 bits per heavy atom. The summed E-state index contributed by atoms with van der Waals surface area (Å²) in [6, 6.07) is 9.40. The SMILES string of the molecule is Cc1cc(C=C2C(=O)NC(=S)NC2=O)c(C)n1-c1ccccc1Cl. The number of carbonyl (C=O) groups is 2. The highest BCUT2D eigenvalue weighted by atomic mass is 35.5. The monoisotopic (exact) mass is 359 g/mol. The third-order valence-electron chi connectivity index (χ3n) is 3.81. The van der Waals surface area contributed by atoms with Crippen LogP contribution < -0.4 is 10.6 Å². The van der Waals surface area contributed by atoms with Crippen LogP contribution in [-0.4, -0.2) is 21.5 Å². The normalized spacial score (nSPS) is 14.5. The Hall–Kier alpha value is -2.44. The number of amides is 2. The van der Waals surface area contributed by atoms with Crippen LogP contribution in [-0.2, 0) is 9.59 Å². The molecule has 0 unspecified atom stereocenters. The van der Waals surface area contributed by atoms with E-state index >= 15 is 0 Å². The number of rotatable bonds is 2. The highest BCUT2D eigenvalue weighted by molar-refractivity contribution is 7.80. The van der Waals surface area contributed by atoms with Gasteiger partial charge in [-0.1, -0.05) is 23.7 Å². The Morgan fingerprint density at radius 3 is 2.38 bits per heavy atom. The number of para-hydroxylation sites is 1. The van der Waals surface area contributed by atoms with Crippen molar-refractivity contribution in [2.45, 2.75) is 13.8 Å². The van der Waals surface area contributed by atoms with Crippen molar-refractivity contribution < 1.29 is 9.59 Å². The molecule has 0 radical (unpaired) electrons. The van der Waals surface area contributed by atoms with E-state index < -0.39 is 11.8 Å². The van der Waals surface area contributed by atoms with Crippen LogP contribution in [0, 0.1) is 13.8 Å². The number of hydrogen-bond donors (Lipinski definition) is 2. The summed E-state index contributed by atoms with van der Waals surface area (Å²) in [6.45, 7) is 3.85. The van der Waals surface area contributed by atoms with E-state index in [2.05, 4.69) is 10.6 Å². The molecule has 1 aliphatic rings. The van der Waals surface area contributed by atoms with Gasteiger partial charge in [-0.3, -0.25) is 20.2 Å². The van der Waals surface area contributed by atoms with E-state index in [0.29, 0.717) is 5.02 Å². The molecular formula is C17H14ClN3O2S. The molecule has 0 aliphatic carbocycles. The molecule has 1 fully saturated rings. The van der Waals surface area contributed by atoms with Crippen molar-refractivity contribution in [1.29, 1.82) is 0 Å². The van der Waals surface area contributed by atoms with Crippen molar-refractivity contribution in [3.63, 3.8) is 0 Å². The number of nitrogens with one attached hydrogen (secondary N) is 2. The Bertz CT molecular complexity index is 893. The molecule has 0 bridgehead atoms. The molecular weight excluding hydrogens is 346 g/mol. The van der Waals surface area contributed by atoms with Gasteiger partial charge in [0.15, 0.2) is 5.11 Å². The molecule has 24 heavy (non-hydrogen) atoms. The van der Waals surface area contributed by atoms with Gasteiger partial charge in [0.2, 0.25) is 0 Å². The molecule has 5 nitrogen and oxygen atoms in total. The molecule has 1 saturated heterocycles. The Kier molecular flexibility index (Phi) is 4.26. The number of carbonyl (C=O) groups excluding carboxylic acids is 2. The van der Waals surface area contributed by atoms with E-state index in [1.165, 1.54) is 0 Å². The number of nitrogens with zero attached hydrogens (tertiary/aromatic N) is 1. The topological polar surface area (TPSA) is 63.1 Å². The second kappa shape index (κ2) is 6.22. The maximum Gasteiger partial charge on any atom is 0.263 e. The van der Waals surface area contributed by atoms with Crippen LogP contribution in [0.4, 0.5) is 0 Å². The number of benzene rings is 1. The molecule has 1 aliphatic heterocycles. The van der Waals surface area contributed by atoms with Gasteiger partial charge in [-0.2, -0.15) is 0 Å². The summed E-state index contributed by atoms with van der Waals surface area (Å²) in [6.07, 6.45) is 1.56. The first-order chi connectivity index (χ1) is 11.4. The Labute approximate surface area is 149 Å². The minimum absolute atomic E-state index is 0.0167. The second-order valence-electron chi connectivity index (χ2n) is 5.41. The first kappa shape index (κ1) is 16.4. The van der Waals surface area contributed by atoms with Crippen LogP contribution in [0.3, 0.4) is 0 Å². The molecule has 0 spiro atoms. The average molecular weight is 360 g/mol. The third kappa shape index (κ3) is 2.86. The molecule has 2 heterocycles. The fraction of sp³-hybridized carbons (Fsp3) is 0.118. The molecule has 1 aromatic heterocycles. The van der Waals surface area contributed by atoms with Crippen LogP contribution in [0.15, 0.2) is 35.9 Å². The van der Waals surface area contributed by atoms with Crippen molar-refractivity contribution in [1.82, 2.24) is 15.2 Å². The van der Waals surface area contributed by atoms with Crippen molar-refractivity contribution in [3.05, 3.63) is 57.9 Å². The fourth-order valence-electron chi connectivity index (χ4n) is 2.70. The van der Waals surface area contributed by atoms with Gasteiger partial charge < -0.3 is 4.57 Å². The smallest absolute Gasteiger partial charge is 0.263 e. The predicted molar refractivity (Wildman–Crippen MR) is 97.1 cm³/mol. The summed E-state index contributed by atoms with van der Waals surface area (Å²) in [5, 5.41) is 5.49. The Morgan fingerprint density at radius 1 is 1.12 bits per heavy atom. The van der Waals surface area contributed by atoms with Crippen molar-refractivity contribution in [3.8, 4) is 5.69 Å². The molecule has 122 valence electrons. The second-order valence-corrected chi connectivity index (χ2v) is 6.22. The molecule has 2 aromatic rings. The zero-order chi connectivity index (χ0) is 17.4. The highest BCUT2D eigenvalue weighted by Gasteiger charge is 2.26. The first-order valence-electron chi connectivity index (χ1n) is 7.20. The average Bonchev–Trinajstić information content (AvgIpc) is 2.78. The quantitative estimate of drug-likeness (QED) is 0.492. The van der Waals surface area contributed by atoms with Crippen LogP contribution in [0.5, 0.6) is 0 Å². The largest absolute Gasteiger partial charge is 0.316 e. The summed E-state index contributed by atoms with van der Waals surface area (Å²) in [5.41, 5.74) is 3.45. The zero-order valence-corrected chi connectivity index (χ0v) is 14.6. The lowest BCUT2D eigenvalue weighted by atomic mass is 10.1. The number of hydrogen-bond acceptors (Lipinski definition) is 3. The van der Waals surface area contributed by atoms with Crippen LogP contribution in [0.25, 0.3) is 11.8 Å². The number of aryl methyl sites for hydroxylation is 1. The van der Waals surface area contributed by atoms with E-state index in [-0.39, 0.29) is 10.7 Å². The molecule has 0 saturated carbocycles. The Balaban J connectivity index is 2.09. The lowest BCUT2D eigenvalue weighted by molar-refractivity contribution is -0.123. The van der Waals surface area contributed by atoms with Gasteiger partial charge in [-0.15, -0.1) is 0 Å². The van der Waals surface area contributed by atoms with Crippen LogP contribution in [0.2, 0.25) is 5.02 Å². The predicted octanol–water partition coefficient (Wildman–Crippen LogP) is 2.66. The van der Waals surface area contributed by atoms with E-state index in [1.807, 2.05) is 48.7 Å². The lowest BCUT2D eigenvalue weighted by Crippen LogP contribution is -2.51. The van der Waals surface area contributed by atoms with Gasteiger partial charge >= 0.3 is 0 Å². The summed E-state index contributed by atoms with van der Waals surface area (Å²) >= 11 is 11.1. The van der Waals surface area contributed by atoms with Gasteiger partial charge in [0.05, 0.1) is 10.7 Å². The zero-order valence-electron chi connectivity index (χ0n) is 13.0. The fourth-order valence-corrected chi connectivity index (χ4v) is 3.11. The van der Waals surface area contributed by atoms with E-state index in [1.54, 1.807) is 6.08 Å². The van der Waals surface area contributed by atoms with Gasteiger partial charge in [-0.05, 0) is 55.9 Å². The first-order valence-corrected chi connectivity index (χ1v) is 7.99. The summed E-state index contributed by atoms with van der Waals surface area (Å²) in [7, 11) is 0. The van der Waals surface area contributed by atoms with Gasteiger partial charge in [0.1, 0.15) is 5.57 Å². The van der Waals surface area contributed by atoms with Crippen LogP contribution >= 0.6 is 23.8 Å². The van der Waals surface area contributed by atoms with Gasteiger partial charge in [-0.25, -0.2) is 0 Å². The number of aromatic nitrogens is 1. The molecule has 2 amide bonds. The highest BCUT2D eigenvalue weighted by Crippen LogP contribution is 2.27. The lowest BCUT2D eigenvalue weighted by Gasteiger charge is -2.16. The third-order valence-corrected chi connectivity index (χ3v) is 4.33. The molecule has 7 heteroatoms. The summed E-state index contributed by atoms with van der Waals surface area (Å²) < 4.78 is 1.98. The minimum atomic E-state index is -0.508. The molecule has 1 aromatic carbocycles. The van der Waals surface area contributed by atoms with Gasteiger partial charge in [0, 0.05) is 11.4 Å². The standard InChI is InChI=1S/C17H14ClN3O2S/c1-9-7-11(8-12-15(22)19-17(24)20-16(12)23)10(2)21(9)14-6-4-3-5-13(14)18/h3-8H,1-2H3,(H2,19,20,22,23,24).